The summed E-state index contributed by atoms with van der Waals surface area (Å²) in [5.74, 6) is 6.17. The van der Waals surface area contributed by atoms with Gasteiger partial charge in [-0.3, -0.25) is 0 Å². The van der Waals surface area contributed by atoms with Crippen LogP contribution in [0.3, 0.4) is 0 Å². The molecule has 0 aliphatic heterocycles. The molecule has 1 aromatic carbocycles. The van der Waals surface area contributed by atoms with Crippen LogP contribution in [0.25, 0.3) is 0 Å². The molecule has 0 saturated carbocycles. The van der Waals surface area contributed by atoms with Gasteiger partial charge in [-0.1, -0.05) is 6.92 Å². The zero-order valence-electron chi connectivity index (χ0n) is 8.85. The number of unbranched alkanes of at least 4 members (excludes halogenated alkanes) is 1. The average molecular weight is 205 g/mol. The Morgan fingerprint density at radius 3 is 3.07 bits per heavy atom. The second kappa shape index (κ2) is 6.89. The molecule has 0 spiro atoms. The molecule has 0 aromatic heterocycles. The summed E-state index contributed by atoms with van der Waals surface area (Å²) in [5.41, 5.74) is 0. The molecule has 1 radical (unpaired) electrons. The van der Waals surface area contributed by atoms with Crippen LogP contribution < -0.4 is 4.74 Å². The van der Waals surface area contributed by atoms with Crippen molar-refractivity contribution >= 4 is 0 Å². The fourth-order valence-corrected chi connectivity index (χ4v) is 1.07. The molecule has 0 amide bonds. The first-order chi connectivity index (χ1) is 7.33. The third-order valence-electron chi connectivity index (χ3n) is 1.75. The summed E-state index contributed by atoms with van der Waals surface area (Å²) in [6.07, 6.45) is 2.59. The first-order valence-electron chi connectivity index (χ1n) is 5.08. The van der Waals surface area contributed by atoms with E-state index < -0.39 is 5.82 Å². The molecule has 1 aromatic rings. The molecule has 0 aliphatic carbocycles. The van der Waals surface area contributed by atoms with E-state index in [9.17, 15) is 4.39 Å². The third-order valence-corrected chi connectivity index (χ3v) is 1.75. The number of hydrogen-bond donors (Lipinski definition) is 0. The maximum Gasteiger partial charge on any atom is 0.134 e. The number of benzene rings is 1. The predicted molar refractivity (Wildman–Crippen MR) is 58.0 cm³/mol. The molecule has 15 heavy (non-hydrogen) atoms. The van der Waals surface area contributed by atoms with Gasteiger partial charge in [-0.2, -0.15) is 0 Å². The largest absolute Gasteiger partial charge is 0.493 e. The lowest BCUT2D eigenvalue weighted by Crippen LogP contribution is -1.96. The topological polar surface area (TPSA) is 9.23 Å². The minimum Gasteiger partial charge on any atom is -0.493 e. The van der Waals surface area contributed by atoms with Crippen LogP contribution >= 0.6 is 0 Å². The highest BCUT2D eigenvalue weighted by Gasteiger charge is 1.95. The first kappa shape index (κ1) is 11.6. The quantitative estimate of drug-likeness (QED) is 0.541. The molecule has 0 saturated heterocycles. The Balaban J connectivity index is 2.20. The molecule has 0 N–H and O–H groups in total. The van der Waals surface area contributed by atoms with Crippen LogP contribution in [0.5, 0.6) is 5.75 Å². The smallest absolute Gasteiger partial charge is 0.134 e. The SMILES string of the molecule is CCC#CCCCOc1cc[c]c(F)c1. The van der Waals surface area contributed by atoms with Gasteiger partial charge in [-0.15, -0.1) is 11.8 Å². The van der Waals surface area contributed by atoms with Crippen LogP contribution in [0.15, 0.2) is 18.2 Å². The van der Waals surface area contributed by atoms with E-state index in [1.165, 1.54) is 12.1 Å². The van der Waals surface area contributed by atoms with Crippen LogP contribution in [-0.2, 0) is 0 Å². The van der Waals surface area contributed by atoms with E-state index >= 15 is 0 Å². The van der Waals surface area contributed by atoms with Crippen molar-refractivity contribution in [2.45, 2.75) is 26.2 Å². The second-order valence-electron chi connectivity index (χ2n) is 3.03. The van der Waals surface area contributed by atoms with Gasteiger partial charge in [0.25, 0.3) is 0 Å². The Bertz CT molecular complexity index is 349. The highest BCUT2D eigenvalue weighted by atomic mass is 19.1. The van der Waals surface area contributed by atoms with Gasteiger partial charge in [0.15, 0.2) is 0 Å². The van der Waals surface area contributed by atoms with Gasteiger partial charge < -0.3 is 4.74 Å². The number of hydrogen-bond acceptors (Lipinski definition) is 1. The van der Waals surface area contributed by atoms with Crippen LogP contribution in [-0.4, -0.2) is 6.61 Å². The van der Waals surface area contributed by atoms with E-state index in [1.807, 2.05) is 6.92 Å². The van der Waals surface area contributed by atoms with Crippen molar-refractivity contribution in [2.75, 3.05) is 6.61 Å². The Kier molecular flexibility index (Phi) is 5.32. The Morgan fingerprint density at radius 2 is 2.33 bits per heavy atom. The zero-order chi connectivity index (χ0) is 10.9. The monoisotopic (exact) mass is 205 g/mol. The minimum absolute atomic E-state index is 0.390. The molecule has 0 atom stereocenters. The van der Waals surface area contributed by atoms with E-state index in [0.29, 0.717) is 12.4 Å². The molecule has 1 nitrogen and oxygen atoms in total. The summed E-state index contributed by atoms with van der Waals surface area (Å²) in [6, 6.07) is 6.96. The van der Waals surface area contributed by atoms with Crippen LogP contribution in [0.1, 0.15) is 26.2 Å². The van der Waals surface area contributed by atoms with Crippen molar-refractivity contribution in [3.05, 3.63) is 30.1 Å². The van der Waals surface area contributed by atoms with Crippen molar-refractivity contribution < 1.29 is 9.13 Å². The van der Waals surface area contributed by atoms with E-state index in [2.05, 4.69) is 17.9 Å². The lowest BCUT2D eigenvalue weighted by Gasteiger charge is -2.03. The van der Waals surface area contributed by atoms with E-state index in [4.69, 9.17) is 4.74 Å². The Labute approximate surface area is 90.3 Å². The summed E-state index contributed by atoms with van der Waals surface area (Å²) < 4.78 is 18.0. The molecule has 1 rings (SSSR count). The third kappa shape index (κ3) is 5.07. The summed E-state index contributed by atoms with van der Waals surface area (Å²) in [6.45, 7) is 2.59. The standard InChI is InChI=1S/C13H14FO/c1-2-3-4-5-6-10-15-13-9-7-8-12(14)11-13/h7,9,11H,2,5-6,10H2,1H3. The highest BCUT2D eigenvalue weighted by molar-refractivity contribution is 5.21. The van der Waals surface area contributed by atoms with Crippen molar-refractivity contribution in [1.82, 2.24) is 0 Å². The summed E-state index contributed by atoms with van der Waals surface area (Å²) in [7, 11) is 0. The van der Waals surface area contributed by atoms with E-state index in [0.717, 1.165) is 19.3 Å². The van der Waals surface area contributed by atoms with Gasteiger partial charge in [0, 0.05) is 25.0 Å². The van der Waals surface area contributed by atoms with Gasteiger partial charge in [0.2, 0.25) is 0 Å². The van der Waals surface area contributed by atoms with Crippen molar-refractivity contribution in [3.8, 4) is 17.6 Å². The molecule has 79 valence electrons. The van der Waals surface area contributed by atoms with E-state index in [-0.39, 0.29) is 0 Å². The molecule has 0 unspecified atom stereocenters. The lowest BCUT2D eigenvalue weighted by atomic mass is 10.3. The Morgan fingerprint density at radius 1 is 1.47 bits per heavy atom. The summed E-state index contributed by atoms with van der Waals surface area (Å²) in [4.78, 5) is 0. The maximum absolute atomic E-state index is 12.7. The summed E-state index contributed by atoms with van der Waals surface area (Å²) >= 11 is 0. The molecular weight excluding hydrogens is 191 g/mol. The minimum atomic E-state index is -0.390. The van der Waals surface area contributed by atoms with Gasteiger partial charge in [-0.25, -0.2) is 4.39 Å². The molecule has 0 heterocycles. The first-order valence-corrected chi connectivity index (χ1v) is 5.08. The van der Waals surface area contributed by atoms with Crippen LogP contribution in [0.4, 0.5) is 4.39 Å². The predicted octanol–water partition coefficient (Wildman–Crippen LogP) is 3.20. The van der Waals surface area contributed by atoms with Gasteiger partial charge in [-0.05, 0) is 18.6 Å². The zero-order valence-corrected chi connectivity index (χ0v) is 8.85. The summed E-state index contributed by atoms with van der Waals surface area (Å²) in [5, 5.41) is 0. The average Bonchev–Trinajstić information content (AvgIpc) is 2.23. The number of rotatable bonds is 4. The Hall–Kier alpha value is -1.49. The van der Waals surface area contributed by atoms with Gasteiger partial charge >= 0.3 is 0 Å². The number of halogens is 1. The van der Waals surface area contributed by atoms with Gasteiger partial charge in [0.05, 0.1) is 6.61 Å². The van der Waals surface area contributed by atoms with Crippen LogP contribution in [0.2, 0.25) is 0 Å². The van der Waals surface area contributed by atoms with Crippen molar-refractivity contribution in [3.63, 3.8) is 0 Å². The van der Waals surface area contributed by atoms with E-state index in [1.54, 1.807) is 6.07 Å². The lowest BCUT2D eigenvalue weighted by molar-refractivity contribution is 0.311. The fraction of sp³-hybridized carbons (Fsp3) is 0.385. The van der Waals surface area contributed by atoms with Crippen molar-refractivity contribution in [1.29, 1.82) is 0 Å². The normalized spacial score (nSPS) is 9.20. The maximum atomic E-state index is 12.7. The number of ether oxygens (including phenoxy) is 1. The molecular formula is C13H14FO. The molecule has 0 fully saturated rings. The van der Waals surface area contributed by atoms with Gasteiger partial charge in [0.1, 0.15) is 11.6 Å². The second-order valence-corrected chi connectivity index (χ2v) is 3.03. The van der Waals surface area contributed by atoms with Crippen molar-refractivity contribution in [2.24, 2.45) is 0 Å². The highest BCUT2D eigenvalue weighted by Crippen LogP contribution is 2.11. The fourth-order valence-electron chi connectivity index (χ4n) is 1.07. The molecule has 2 heteroatoms. The van der Waals surface area contributed by atoms with Crippen LogP contribution in [0, 0.1) is 23.7 Å². The molecule has 0 aliphatic rings. The molecule has 0 bridgehead atoms.